The summed E-state index contributed by atoms with van der Waals surface area (Å²) in [6, 6.07) is 13.9. The highest BCUT2D eigenvalue weighted by atomic mass is 35.5. The van der Waals surface area contributed by atoms with Gasteiger partial charge in [-0.3, -0.25) is 14.2 Å². The fourth-order valence-electron chi connectivity index (χ4n) is 2.49. The van der Waals surface area contributed by atoms with Crippen LogP contribution >= 0.6 is 11.6 Å². The summed E-state index contributed by atoms with van der Waals surface area (Å²) in [5.41, 5.74) is 2.51. The van der Waals surface area contributed by atoms with Gasteiger partial charge >= 0.3 is 0 Å². The number of methoxy groups -OCH3 is 1. The van der Waals surface area contributed by atoms with Crippen LogP contribution < -0.4 is 15.6 Å². The Labute approximate surface area is 161 Å². The second-order valence-electron chi connectivity index (χ2n) is 5.98. The first-order valence-electron chi connectivity index (χ1n) is 8.23. The number of hydrogen-bond acceptors (Lipinski definition) is 4. The summed E-state index contributed by atoms with van der Waals surface area (Å²) in [5.74, 6) is 0.385. The Morgan fingerprint density at radius 2 is 1.93 bits per heavy atom. The highest BCUT2D eigenvalue weighted by Gasteiger charge is 2.08. The first-order chi connectivity index (χ1) is 13.0. The second-order valence-corrected chi connectivity index (χ2v) is 6.39. The topological polar surface area (TPSA) is 73.2 Å². The monoisotopic (exact) mass is 383 g/mol. The maximum absolute atomic E-state index is 12.3. The first kappa shape index (κ1) is 18.7. The lowest BCUT2D eigenvalue weighted by atomic mass is 10.1. The molecule has 6 nitrogen and oxygen atoms in total. The standard InChI is InChI=1S/C20H18ClN3O3/c1-13-3-6-15(9-17(13)21)23-19(25)11-24-12-22-18(10-20(24)26)14-4-7-16(27-2)8-5-14/h3-10,12H,11H2,1-2H3,(H,23,25). The molecule has 1 N–H and O–H groups in total. The molecule has 1 aromatic heterocycles. The SMILES string of the molecule is COc1ccc(-c2cc(=O)n(CC(=O)Nc3ccc(C)c(Cl)c3)cn2)cc1. The molecule has 0 aliphatic carbocycles. The van der Waals surface area contributed by atoms with Crippen molar-refractivity contribution in [1.29, 1.82) is 0 Å². The average molecular weight is 384 g/mol. The molecule has 3 aromatic rings. The number of halogens is 1. The van der Waals surface area contributed by atoms with Crippen molar-refractivity contribution in [3.05, 3.63) is 75.8 Å². The van der Waals surface area contributed by atoms with Gasteiger partial charge in [-0.25, -0.2) is 4.98 Å². The van der Waals surface area contributed by atoms with E-state index in [4.69, 9.17) is 16.3 Å². The number of aryl methyl sites for hydroxylation is 1. The molecule has 0 saturated carbocycles. The predicted molar refractivity (Wildman–Crippen MR) is 105 cm³/mol. The zero-order chi connectivity index (χ0) is 19.4. The molecule has 1 amide bonds. The fourth-order valence-corrected chi connectivity index (χ4v) is 2.67. The second kappa shape index (κ2) is 8.05. The van der Waals surface area contributed by atoms with E-state index >= 15 is 0 Å². The minimum Gasteiger partial charge on any atom is -0.497 e. The summed E-state index contributed by atoms with van der Waals surface area (Å²) in [6.07, 6.45) is 1.36. The van der Waals surface area contributed by atoms with Crippen molar-refractivity contribution in [2.45, 2.75) is 13.5 Å². The lowest BCUT2D eigenvalue weighted by Gasteiger charge is -2.09. The van der Waals surface area contributed by atoms with Crippen molar-refractivity contribution in [3.63, 3.8) is 0 Å². The number of aromatic nitrogens is 2. The molecule has 0 spiro atoms. The third-order valence-corrected chi connectivity index (χ3v) is 4.44. The lowest BCUT2D eigenvalue weighted by Crippen LogP contribution is -2.27. The van der Waals surface area contributed by atoms with Gasteiger partial charge in [0.15, 0.2) is 0 Å². The maximum Gasteiger partial charge on any atom is 0.254 e. The van der Waals surface area contributed by atoms with Crippen LogP contribution in [0.25, 0.3) is 11.3 Å². The minimum atomic E-state index is -0.337. The molecule has 138 valence electrons. The summed E-state index contributed by atoms with van der Waals surface area (Å²) in [6.45, 7) is 1.74. The Morgan fingerprint density at radius 1 is 1.19 bits per heavy atom. The van der Waals surface area contributed by atoms with E-state index in [2.05, 4.69) is 10.3 Å². The first-order valence-corrected chi connectivity index (χ1v) is 8.61. The smallest absolute Gasteiger partial charge is 0.254 e. The number of carbonyl (C=O) groups excluding carboxylic acids is 1. The minimum absolute atomic E-state index is 0.139. The van der Waals surface area contributed by atoms with Gasteiger partial charge in [-0.05, 0) is 48.9 Å². The number of hydrogen-bond donors (Lipinski definition) is 1. The molecule has 7 heteroatoms. The van der Waals surface area contributed by atoms with E-state index in [9.17, 15) is 9.59 Å². The van der Waals surface area contributed by atoms with Gasteiger partial charge in [0.25, 0.3) is 5.56 Å². The van der Waals surface area contributed by atoms with Crippen LogP contribution in [0.5, 0.6) is 5.75 Å². The van der Waals surface area contributed by atoms with Crippen molar-refractivity contribution in [3.8, 4) is 17.0 Å². The van der Waals surface area contributed by atoms with Crippen LogP contribution in [0.2, 0.25) is 5.02 Å². The van der Waals surface area contributed by atoms with Crippen LogP contribution in [0.3, 0.4) is 0 Å². The van der Waals surface area contributed by atoms with E-state index in [1.165, 1.54) is 17.0 Å². The zero-order valence-corrected chi connectivity index (χ0v) is 15.7. The van der Waals surface area contributed by atoms with Gasteiger partial charge in [0, 0.05) is 22.3 Å². The molecular formula is C20H18ClN3O3. The molecule has 0 bridgehead atoms. The molecule has 27 heavy (non-hydrogen) atoms. The number of anilines is 1. The van der Waals surface area contributed by atoms with E-state index < -0.39 is 0 Å². The molecule has 0 saturated heterocycles. The highest BCUT2D eigenvalue weighted by molar-refractivity contribution is 6.31. The Bertz CT molecular complexity index is 1030. The molecule has 1 heterocycles. The Kier molecular flexibility index (Phi) is 5.57. The van der Waals surface area contributed by atoms with Gasteiger partial charge in [-0.15, -0.1) is 0 Å². The molecule has 2 aromatic carbocycles. The Morgan fingerprint density at radius 3 is 2.56 bits per heavy atom. The lowest BCUT2D eigenvalue weighted by molar-refractivity contribution is -0.116. The van der Waals surface area contributed by atoms with Crippen molar-refractivity contribution >= 4 is 23.2 Å². The van der Waals surface area contributed by atoms with Crippen LogP contribution in [0, 0.1) is 6.92 Å². The summed E-state index contributed by atoms with van der Waals surface area (Å²) in [4.78, 5) is 28.8. The fraction of sp³-hybridized carbons (Fsp3) is 0.150. The van der Waals surface area contributed by atoms with Gasteiger partial charge in [0.05, 0.1) is 19.1 Å². The Hall–Kier alpha value is -3.12. The summed E-state index contributed by atoms with van der Waals surface area (Å²) < 4.78 is 6.36. The van der Waals surface area contributed by atoms with Crippen molar-refractivity contribution in [2.75, 3.05) is 12.4 Å². The number of amides is 1. The number of rotatable bonds is 5. The molecule has 0 aliphatic rings. The number of ether oxygens (including phenoxy) is 1. The Balaban J connectivity index is 1.72. The van der Waals surface area contributed by atoms with Gasteiger partial charge in [-0.1, -0.05) is 17.7 Å². The molecule has 0 atom stereocenters. The van der Waals surface area contributed by atoms with Crippen LogP contribution in [0.15, 0.2) is 59.7 Å². The third-order valence-electron chi connectivity index (χ3n) is 4.03. The van der Waals surface area contributed by atoms with E-state index in [1.54, 1.807) is 31.4 Å². The van der Waals surface area contributed by atoms with Gasteiger partial charge in [-0.2, -0.15) is 0 Å². The van der Waals surface area contributed by atoms with E-state index in [-0.39, 0.29) is 18.0 Å². The van der Waals surface area contributed by atoms with Crippen LogP contribution in [-0.4, -0.2) is 22.6 Å². The number of nitrogens with zero attached hydrogens (tertiary/aromatic N) is 2. The van der Waals surface area contributed by atoms with E-state index in [0.29, 0.717) is 16.4 Å². The van der Waals surface area contributed by atoms with Crippen molar-refractivity contribution < 1.29 is 9.53 Å². The van der Waals surface area contributed by atoms with E-state index in [1.807, 2.05) is 25.1 Å². The van der Waals surface area contributed by atoms with Crippen molar-refractivity contribution in [1.82, 2.24) is 9.55 Å². The third kappa shape index (κ3) is 4.54. The molecule has 0 aliphatic heterocycles. The van der Waals surface area contributed by atoms with Gasteiger partial charge in [0.2, 0.25) is 5.91 Å². The maximum atomic E-state index is 12.3. The van der Waals surface area contributed by atoms with Crippen LogP contribution in [-0.2, 0) is 11.3 Å². The van der Waals surface area contributed by atoms with Crippen LogP contribution in [0.1, 0.15) is 5.56 Å². The molecule has 0 unspecified atom stereocenters. The van der Waals surface area contributed by atoms with Crippen LogP contribution in [0.4, 0.5) is 5.69 Å². The molecule has 0 fully saturated rings. The molecule has 3 rings (SSSR count). The molecule has 0 radical (unpaired) electrons. The quantitative estimate of drug-likeness (QED) is 0.731. The van der Waals surface area contributed by atoms with Crippen molar-refractivity contribution in [2.24, 2.45) is 0 Å². The van der Waals surface area contributed by atoms with Gasteiger partial charge < -0.3 is 10.1 Å². The number of carbonyl (C=O) groups is 1. The normalized spacial score (nSPS) is 10.5. The number of benzene rings is 2. The largest absolute Gasteiger partial charge is 0.497 e. The average Bonchev–Trinajstić information content (AvgIpc) is 2.66. The summed E-state index contributed by atoms with van der Waals surface area (Å²) in [5, 5.41) is 3.29. The zero-order valence-electron chi connectivity index (χ0n) is 14.9. The molecular weight excluding hydrogens is 366 g/mol. The highest BCUT2D eigenvalue weighted by Crippen LogP contribution is 2.20. The number of nitrogens with one attached hydrogen (secondary N) is 1. The predicted octanol–water partition coefficient (Wildman–Crippen LogP) is 3.52. The summed E-state index contributed by atoms with van der Waals surface area (Å²) >= 11 is 6.05. The van der Waals surface area contributed by atoms with Gasteiger partial charge in [0.1, 0.15) is 12.3 Å². The van der Waals surface area contributed by atoms with E-state index in [0.717, 1.165) is 16.9 Å². The summed E-state index contributed by atoms with van der Waals surface area (Å²) in [7, 11) is 1.59.